The van der Waals surface area contributed by atoms with Crippen LogP contribution in [-0.4, -0.2) is 38.1 Å². The van der Waals surface area contributed by atoms with Crippen LogP contribution in [-0.2, 0) is 9.53 Å². The van der Waals surface area contributed by atoms with E-state index in [0.717, 1.165) is 6.54 Å². The lowest BCUT2D eigenvalue weighted by Crippen LogP contribution is -2.14. The third kappa shape index (κ3) is 7.28. The highest BCUT2D eigenvalue weighted by Crippen LogP contribution is 1.93. The maximum atomic E-state index is 10.4. The summed E-state index contributed by atoms with van der Waals surface area (Å²) in [5.41, 5.74) is 1.21. The number of hydrogen-bond donors (Lipinski definition) is 0. The zero-order chi connectivity index (χ0) is 9.56. The van der Waals surface area contributed by atoms with E-state index < -0.39 is 0 Å². The Morgan fingerprint density at radius 3 is 2.42 bits per heavy atom. The summed E-state index contributed by atoms with van der Waals surface area (Å²) in [7, 11) is 4.01. The highest BCUT2D eigenvalue weighted by atomic mass is 16.5. The first kappa shape index (κ1) is 11.2. The molecule has 3 heteroatoms. The molecule has 0 aliphatic heterocycles. The fraction of sp³-hybridized carbons (Fsp3) is 0.667. The molecule has 0 spiro atoms. The number of nitrogens with zero attached hydrogens (tertiary/aromatic N) is 1. The molecule has 0 saturated heterocycles. The van der Waals surface area contributed by atoms with E-state index in [-0.39, 0.29) is 5.97 Å². The molecule has 0 saturated carbocycles. The molecule has 0 amide bonds. The third-order valence-electron chi connectivity index (χ3n) is 1.28. The summed E-state index contributed by atoms with van der Waals surface area (Å²) in [6.45, 7) is 4.72. The molecule has 0 aliphatic carbocycles. The topological polar surface area (TPSA) is 29.5 Å². The van der Waals surface area contributed by atoms with Gasteiger partial charge in [0.2, 0.25) is 0 Å². The predicted octanol–water partition coefficient (Wildman–Crippen LogP) is 1.06. The summed E-state index contributed by atoms with van der Waals surface area (Å²) in [4.78, 5) is 12.5. The van der Waals surface area contributed by atoms with Crippen molar-refractivity contribution in [2.45, 2.75) is 13.8 Å². The van der Waals surface area contributed by atoms with Crippen molar-refractivity contribution in [1.29, 1.82) is 0 Å². The summed E-state index contributed by atoms with van der Waals surface area (Å²) in [5.74, 6) is -0.232. The number of carbonyl (C=O) groups is 1. The largest absolute Gasteiger partial charge is 0.462 e. The van der Waals surface area contributed by atoms with Gasteiger partial charge in [0.1, 0.15) is 6.61 Å². The molecule has 0 bridgehead atoms. The smallest absolute Gasteiger partial charge is 0.302 e. The van der Waals surface area contributed by atoms with Crippen LogP contribution >= 0.6 is 0 Å². The monoisotopic (exact) mass is 171 g/mol. The lowest BCUT2D eigenvalue weighted by atomic mass is 10.3. The van der Waals surface area contributed by atoms with Gasteiger partial charge >= 0.3 is 5.97 Å². The van der Waals surface area contributed by atoms with Crippen molar-refractivity contribution in [3.63, 3.8) is 0 Å². The number of esters is 1. The lowest BCUT2D eigenvalue weighted by molar-refractivity contribution is -0.139. The van der Waals surface area contributed by atoms with E-state index in [4.69, 9.17) is 4.74 Å². The molecule has 0 N–H and O–H groups in total. The molecule has 0 aromatic rings. The van der Waals surface area contributed by atoms with E-state index in [2.05, 4.69) is 4.90 Å². The molecular formula is C9H17NO2. The molecule has 0 rings (SSSR count). The molecule has 0 unspecified atom stereocenters. The number of hydrogen-bond acceptors (Lipinski definition) is 3. The zero-order valence-electron chi connectivity index (χ0n) is 8.26. The summed E-state index contributed by atoms with van der Waals surface area (Å²) in [6.07, 6.45) is 1.92. The average Bonchev–Trinajstić information content (AvgIpc) is 1.84. The Bertz CT molecular complexity index is 173. The molecule has 0 aromatic carbocycles. The minimum Gasteiger partial charge on any atom is -0.462 e. The second-order valence-electron chi connectivity index (χ2n) is 3.09. The van der Waals surface area contributed by atoms with E-state index in [1.54, 1.807) is 0 Å². The minimum atomic E-state index is -0.232. The molecule has 0 radical (unpaired) electrons. The summed E-state index contributed by atoms with van der Waals surface area (Å²) < 4.78 is 4.76. The van der Waals surface area contributed by atoms with Crippen molar-refractivity contribution in [3.05, 3.63) is 11.6 Å². The Morgan fingerprint density at radius 2 is 2.00 bits per heavy atom. The van der Waals surface area contributed by atoms with Crippen molar-refractivity contribution in [1.82, 2.24) is 4.90 Å². The quantitative estimate of drug-likeness (QED) is 0.468. The zero-order valence-corrected chi connectivity index (χ0v) is 8.26. The summed E-state index contributed by atoms with van der Waals surface area (Å²) >= 11 is 0. The van der Waals surface area contributed by atoms with Gasteiger partial charge in [-0.2, -0.15) is 0 Å². The SMILES string of the molecule is CC(=O)OC/C=C(\C)CN(C)C. The Labute approximate surface area is 74.0 Å². The van der Waals surface area contributed by atoms with Crippen LogP contribution in [0.4, 0.5) is 0 Å². The molecule has 0 aliphatic rings. The van der Waals surface area contributed by atoms with Crippen LogP contribution in [0, 0.1) is 0 Å². The molecule has 0 aromatic heterocycles. The summed E-state index contributed by atoms with van der Waals surface area (Å²) in [6, 6.07) is 0. The van der Waals surface area contributed by atoms with Crippen molar-refractivity contribution >= 4 is 5.97 Å². The van der Waals surface area contributed by atoms with E-state index in [9.17, 15) is 4.79 Å². The first-order valence-corrected chi connectivity index (χ1v) is 3.96. The van der Waals surface area contributed by atoms with Crippen molar-refractivity contribution in [2.75, 3.05) is 27.2 Å². The second-order valence-corrected chi connectivity index (χ2v) is 3.09. The molecule has 0 fully saturated rings. The minimum absolute atomic E-state index is 0.232. The van der Waals surface area contributed by atoms with Crippen LogP contribution in [0.15, 0.2) is 11.6 Å². The van der Waals surface area contributed by atoms with Gasteiger partial charge in [0.15, 0.2) is 0 Å². The van der Waals surface area contributed by atoms with Gasteiger partial charge in [-0.25, -0.2) is 0 Å². The average molecular weight is 171 g/mol. The lowest BCUT2D eigenvalue weighted by Gasteiger charge is -2.09. The first-order valence-electron chi connectivity index (χ1n) is 3.96. The van der Waals surface area contributed by atoms with E-state index >= 15 is 0 Å². The van der Waals surface area contributed by atoms with Crippen LogP contribution in [0.5, 0.6) is 0 Å². The van der Waals surface area contributed by atoms with Crippen molar-refractivity contribution < 1.29 is 9.53 Å². The molecule has 0 heterocycles. The van der Waals surface area contributed by atoms with Gasteiger partial charge in [0, 0.05) is 13.5 Å². The fourth-order valence-corrected chi connectivity index (χ4v) is 0.865. The Hall–Kier alpha value is -0.830. The maximum absolute atomic E-state index is 10.4. The molecule has 3 nitrogen and oxygen atoms in total. The van der Waals surface area contributed by atoms with Crippen LogP contribution < -0.4 is 0 Å². The number of likely N-dealkylation sites (N-methyl/N-ethyl adjacent to an activating group) is 1. The van der Waals surface area contributed by atoms with Gasteiger partial charge in [-0.05, 0) is 27.1 Å². The number of carbonyl (C=O) groups excluding carboxylic acids is 1. The fourth-order valence-electron chi connectivity index (χ4n) is 0.865. The van der Waals surface area contributed by atoms with E-state index in [1.165, 1.54) is 12.5 Å². The highest BCUT2D eigenvalue weighted by Gasteiger charge is 1.93. The van der Waals surface area contributed by atoms with Crippen molar-refractivity contribution in [2.24, 2.45) is 0 Å². The standard InChI is InChI=1S/C9H17NO2/c1-8(7-10(3)4)5-6-12-9(2)11/h5H,6-7H2,1-4H3/b8-5+. The number of ether oxygens (including phenoxy) is 1. The van der Waals surface area contributed by atoms with Crippen LogP contribution in [0.2, 0.25) is 0 Å². The van der Waals surface area contributed by atoms with Gasteiger partial charge in [0.05, 0.1) is 0 Å². The first-order chi connectivity index (χ1) is 5.52. The Morgan fingerprint density at radius 1 is 1.42 bits per heavy atom. The second kappa shape index (κ2) is 5.77. The van der Waals surface area contributed by atoms with Crippen LogP contribution in [0.25, 0.3) is 0 Å². The van der Waals surface area contributed by atoms with Crippen LogP contribution in [0.3, 0.4) is 0 Å². The third-order valence-corrected chi connectivity index (χ3v) is 1.28. The normalized spacial score (nSPS) is 11.9. The van der Waals surface area contributed by atoms with Gasteiger partial charge < -0.3 is 9.64 Å². The number of rotatable bonds is 4. The summed E-state index contributed by atoms with van der Waals surface area (Å²) in [5, 5.41) is 0. The van der Waals surface area contributed by atoms with E-state index in [0.29, 0.717) is 6.61 Å². The van der Waals surface area contributed by atoms with Crippen LogP contribution in [0.1, 0.15) is 13.8 Å². The van der Waals surface area contributed by atoms with Gasteiger partial charge in [0.25, 0.3) is 0 Å². The molecule has 70 valence electrons. The Kier molecular flexibility index (Phi) is 5.37. The van der Waals surface area contributed by atoms with Gasteiger partial charge in [-0.3, -0.25) is 4.79 Å². The molecule has 0 atom stereocenters. The van der Waals surface area contributed by atoms with Gasteiger partial charge in [-0.1, -0.05) is 5.57 Å². The van der Waals surface area contributed by atoms with Gasteiger partial charge in [-0.15, -0.1) is 0 Å². The van der Waals surface area contributed by atoms with Crippen molar-refractivity contribution in [3.8, 4) is 0 Å². The molecule has 12 heavy (non-hydrogen) atoms. The highest BCUT2D eigenvalue weighted by molar-refractivity contribution is 5.66. The molecular weight excluding hydrogens is 154 g/mol. The van der Waals surface area contributed by atoms with E-state index in [1.807, 2.05) is 27.1 Å². The maximum Gasteiger partial charge on any atom is 0.302 e. The Balaban J connectivity index is 3.62. The predicted molar refractivity (Wildman–Crippen MR) is 48.9 cm³/mol.